The molecule has 0 rings (SSSR count). The fourth-order valence-corrected chi connectivity index (χ4v) is 2.62. The largest absolute Gasteiger partial charge is 3.00 e. The predicted molar refractivity (Wildman–Crippen MR) is 121 cm³/mol. The van der Waals surface area contributed by atoms with Gasteiger partial charge in [0.25, 0.3) is 0 Å². The van der Waals surface area contributed by atoms with E-state index in [9.17, 15) is 29.7 Å². The maximum Gasteiger partial charge on any atom is 3.00 e. The van der Waals surface area contributed by atoms with Gasteiger partial charge >= 0.3 is 25.8 Å². The van der Waals surface area contributed by atoms with Crippen LogP contribution in [0.2, 0.25) is 0 Å². The van der Waals surface area contributed by atoms with Crippen LogP contribution in [0.4, 0.5) is 0 Å². The molecule has 0 unspecified atom stereocenters. The topological polar surface area (TPSA) is 120 Å². The average molecular weight is 544 g/mol. The third-order valence-electron chi connectivity index (χ3n) is 4.45. The van der Waals surface area contributed by atoms with E-state index in [1.165, 1.54) is 38.5 Å². The Morgan fingerprint density at radius 3 is 0.774 bits per heavy atom. The van der Waals surface area contributed by atoms with Crippen molar-refractivity contribution in [2.45, 2.75) is 136 Å². The van der Waals surface area contributed by atoms with Crippen LogP contribution in [-0.4, -0.2) is 43.8 Å². The summed E-state index contributed by atoms with van der Waals surface area (Å²) in [6.45, 7) is 6.41. The Morgan fingerprint density at radius 2 is 0.613 bits per heavy atom. The molecule has 0 heterocycles. The Bertz CT molecular complexity index is 331. The van der Waals surface area contributed by atoms with E-state index in [-0.39, 0.29) is 45.1 Å². The van der Waals surface area contributed by atoms with Crippen molar-refractivity contribution in [2.24, 2.45) is 0 Å². The van der Waals surface area contributed by atoms with E-state index in [2.05, 4.69) is 20.8 Å². The summed E-state index contributed by atoms with van der Waals surface area (Å²) >= 11 is 0. The Morgan fingerprint density at radius 1 is 0.419 bits per heavy atom. The van der Waals surface area contributed by atoms with Crippen LogP contribution in [0.25, 0.3) is 0 Å². The zero-order valence-corrected chi connectivity index (χ0v) is 23.6. The number of carbonyl (C=O) groups is 3. The second-order valence-corrected chi connectivity index (χ2v) is 7.61. The molecule has 7 heteroatoms. The molecule has 0 aromatic heterocycles. The molecule has 0 bridgehead atoms. The van der Waals surface area contributed by atoms with E-state index in [0.29, 0.717) is 0 Å². The monoisotopic (exact) mass is 544 g/mol. The summed E-state index contributed by atoms with van der Waals surface area (Å²) in [5.74, 6) is -2.76. The Hall–Kier alpha value is -0.720. The summed E-state index contributed by atoms with van der Waals surface area (Å²) in [6, 6.07) is 0. The van der Waals surface area contributed by atoms with Crippen LogP contribution in [0.15, 0.2) is 0 Å². The van der Waals surface area contributed by atoms with Crippen LogP contribution in [0.5, 0.6) is 0 Å². The number of unbranched alkanes of at least 4 members (excludes halogenated alkanes) is 12. The summed E-state index contributed by atoms with van der Waals surface area (Å²) in [6.07, 6.45) is 16.8. The van der Waals surface area contributed by atoms with Crippen LogP contribution >= 0.6 is 0 Å². The Balaban J connectivity index is -0.000000174. The number of hydrogen-bond donors (Lipinski definition) is 0. The molecule has 0 atom stereocenters. The predicted octanol–water partition coefficient (Wildman–Crippen LogP) is 2.91. The summed E-state index contributed by atoms with van der Waals surface area (Å²) in [4.78, 5) is 29.8. The maximum atomic E-state index is 9.92. The Kier molecular flexibility index (Phi) is 41.1. The van der Waals surface area contributed by atoms with Gasteiger partial charge in [0.2, 0.25) is 0 Å². The first kappa shape index (κ1) is 37.6. The maximum absolute atomic E-state index is 9.92. The Labute approximate surface area is 209 Å². The van der Waals surface area contributed by atoms with Gasteiger partial charge in [0.1, 0.15) is 0 Å². The molecule has 0 spiro atoms. The standard InChI is InChI=1S/3C8H16O2.In/c3*1-2-3-4-5-6-7-8(9)10;/h3*2-7H2,1H3,(H,9,10);/q;;;+3/p-3. The van der Waals surface area contributed by atoms with Crippen LogP contribution in [0.1, 0.15) is 136 Å². The van der Waals surface area contributed by atoms with Crippen LogP contribution in [0.3, 0.4) is 0 Å². The van der Waals surface area contributed by atoms with Crippen molar-refractivity contribution in [3.8, 4) is 0 Å². The molecule has 0 saturated carbocycles. The van der Waals surface area contributed by atoms with Crippen molar-refractivity contribution < 1.29 is 29.7 Å². The van der Waals surface area contributed by atoms with Crippen LogP contribution in [-0.2, 0) is 14.4 Å². The third-order valence-corrected chi connectivity index (χ3v) is 4.45. The van der Waals surface area contributed by atoms with Gasteiger partial charge in [-0.05, 0) is 38.5 Å². The zero-order valence-electron chi connectivity index (χ0n) is 20.3. The molecule has 6 nitrogen and oxygen atoms in total. The van der Waals surface area contributed by atoms with Gasteiger partial charge in [0.15, 0.2) is 0 Å². The number of carbonyl (C=O) groups excluding carboxylic acids is 3. The quantitative estimate of drug-likeness (QED) is 0.245. The van der Waals surface area contributed by atoms with Gasteiger partial charge in [-0.15, -0.1) is 0 Å². The molecule has 180 valence electrons. The van der Waals surface area contributed by atoms with Gasteiger partial charge in [-0.25, -0.2) is 0 Å². The first-order valence-corrected chi connectivity index (χ1v) is 11.9. The van der Waals surface area contributed by atoms with Crippen molar-refractivity contribution in [1.29, 1.82) is 0 Å². The number of carboxylic acid groups (broad SMARTS) is 3. The normalized spacial score (nSPS) is 9.39. The van der Waals surface area contributed by atoms with Crippen molar-refractivity contribution in [3.63, 3.8) is 0 Å². The molecular formula is C24H45InO6. The van der Waals surface area contributed by atoms with Crippen molar-refractivity contribution in [1.82, 2.24) is 0 Å². The van der Waals surface area contributed by atoms with E-state index in [4.69, 9.17) is 0 Å². The fourth-order valence-electron chi connectivity index (χ4n) is 2.62. The van der Waals surface area contributed by atoms with Gasteiger partial charge in [0, 0.05) is 17.9 Å². The smallest absolute Gasteiger partial charge is 0.550 e. The van der Waals surface area contributed by atoms with Crippen LogP contribution in [0, 0.1) is 0 Å². The molecule has 0 aliphatic carbocycles. The average Bonchev–Trinajstić information content (AvgIpc) is 2.68. The number of aliphatic carboxylic acids is 3. The molecule has 0 radical (unpaired) electrons. The third kappa shape index (κ3) is 53.0. The van der Waals surface area contributed by atoms with Gasteiger partial charge in [-0.3, -0.25) is 0 Å². The molecular weight excluding hydrogens is 499 g/mol. The summed E-state index contributed by atoms with van der Waals surface area (Å²) in [7, 11) is 0. The molecule has 0 aliphatic heterocycles. The molecule has 0 aromatic rings. The van der Waals surface area contributed by atoms with Gasteiger partial charge in [-0.2, -0.15) is 0 Å². The first-order chi connectivity index (χ1) is 14.3. The molecule has 0 amide bonds. The number of carboxylic acids is 3. The molecule has 0 aromatic carbocycles. The molecule has 0 aliphatic rings. The number of hydrogen-bond acceptors (Lipinski definition) is 6. The van der Waals surface area contributed by atoms with Crippen molar-refractivity contribution >= 4 is 43.8 Å². The first-order valence-electron chi connectivity index (χ1n) is 11.9. The minimum absolute atomic E-state index is 0. The van der Waals surface area contributed by atoms with Gasteiger partial charge in [-0.1, -0.05) is 97.8 Å². The molecule has 31 heavy (non-hydrogen) atoms. The molecule has 0 N–H and O–H groups in total. The van der Waals surface area contributed by atoms with Gasteiger partial charge in [0.05, 0.1) is 0 Å². The van der Waals surface area contributed by atoms with Crippen molar-refractivity contribution in [3.05, 3.63) is 0 Å². The van der Waals surface area contributed by atoms with Gasteiger partial charge < -0.3 is 29.7 Å². The fraction of sp³-hybridized carbons (Fsp3) is 0.875. The SMILES string of the molecule is CCCCCCCC(=O)[O-].CCCCCCCC(=O)[O-].CCCCCCCC(=O)[O-].[In+3]. The van der Waals surface area contributed by atoms with E-state index >= 15 is 0 Å². The van der Waals surface area contributed by atoms with E-state index in [1.807, 2.05) is 0 Å². The number of rotatable bonds is 18. The minimum Gasteiger partial charge on any atom is -0.550 e. The second-order valence-electron chi connectivity index (χ2n) is 7.61. The summed E-state index contributed by atoms with van der Waals surface area (Å²) < 4.78 is 0. The van der Waals surface area contributed by atoms with Crippen molar-refractivity contribution in [2.75, 3.05) is 0 Å². The minimum atomic E-state index is -0.920. The molecule has 0 saturated heterocycles. The zero-order chi connectivity index (χ0) is 23.5. The second kappa shape index (κ2) is 33.9. The van der Waals surface area contributed by atoms with E-state index in [0.717, 1.165) is 57.8 Å². The summed E-state index contributed by atoms with van der Waals surface area (Å²) in [5.41, 5.74) is 0. The van der Waals surface area contributed by atoms with Crippen LogP contribution < -0.4 is 15.3 Å². The van der Waals surface area contributed by atoms with E-state index in [1.54, 1.807) is 0 Å². The summed E-state index contributed by atoms with van der Waals surface area (Å²) in [5, 5.41) is 29.8. The van der Waals surface area contributed by atoms with E-state index < -0.39 is 17.9 Å². The molecule has 0 fully saturated rings.